The fraction of sp³-hybridized carbons (Fsp3) is 0.188. The van der Waals surface area contributed by atoms with Crippen molar-refractivity contribution in [1.82, 2.24) is 9.61 Å². The molecule has 20 heavy (non-hydrogen) atoms. The van der Waals surface area contributed by atoms with Crippen molar-refractivity contribution in [3.63, 3.8) is 0 Å². The molecule has 1 aliphatic heterocycles. The van der Waals surface area contributed by atoms with Crippen LogP contribution in [0, 0.1) is 0 Å². The topological polar surface area (TPSA) is 38.6 Å². The van der Waals surface area contributed by atoms with Crippen LogP contribution in [0.4, 0.5) is 5.69 Å². The molecule has 1 N–H and O–H groups in total. The lowest BCUT2D eigenvalue weighted by Gasteiger charge is -2.26. The minimum Gasteiger partial charge on any atom is -0.486 e. The fourth-order valence-corrected chi connectivity index (χ4v) is 2.62. The maximum Gasteiger partial charge on any atom is 0.150 e. The van der Waals surface area contributed by atoms with Gasteiger partial charge in [-0.05, 0) is 36.8 Å². The lowest BCUT2D eigenvalue weighted by atomic mass is 10.0. The number of hydrogen-bond acceptors (Lipinski definition) is 3. The number of fused-ring (bicyclic) bond motifs is 2. The zero-order chi connectivity index (χ0) is 13.5. The van der Waals surface area contributed by atoms with E-state index in [1.807, 2.05) is 16.8 Å². The zero-order valence-corrected chi connectivity index (χ0v) is 11.2. The molecule has 3 aromatic rings. The van der Waals surface area contributed by atoms with E-state index in [0.717, 1.165) is 34.6 Å². The van der Waals surface area contributed by atoms with Gasteiger partial charge in [0, 0.05) is 18.0 Å². The van der Waals surface area contributed by atoms with E-state index in [9.17, 15) is 0 Å². The van der Waals surface area contributed by atoms with Crippen LogP contribution in [0.2, 0.25) is 0 Å². The van der Waals surface area contributed by atoms with Crippen LogP contribution >= 0.6 is 0 Å². The molecule has 0 aliphatic carbocycles. The average molecular weight is 265 g/mol. The van der Waals surface area contributed by atoms with Gasteiger partial charge in [-0.3, -0.25) is 0 Å². The van der Waals surface area contributed by atoms with Gasteiger partial charge in [0.1, 0.15) is 6.10 Å². The van der Waals surface area contributed by atoms with Crippen LogP contribution in [0.1, 0.15) is 6.92 Å². The molecule has 2 aromatic heterocycles. The molecule has 100 valence electrons. The molecule has 0 saturated heterocycles. The van der Waals surface area contributed by atoms with E-state index in [1.165, 1.54) is 0 Å². The molecular formula is C16H15N3O. The standard InChI is InChI=1S/C16H15N3O/c1-11-10-17-15-4-2-3-14(16(15)20-11)12-6-8-19-13(9-12)5-7-18-19/h2-9,11,17H,10H2,1H3. The van der Waals surface area contributed by atoms with E-state index in [1.54, 1.807) is 6.20 Å². The van der Waals surface area contributed by atoms with Gasteiger partial charge in [-0.15, -0.1) is 0 Å². The first kappa shape index (κ1) is 11.3. The summed E-state index contributed by atoms with van der Waals surface area (Å²) in [7, 11) is 0. The monoisotopic (exact) mass is 265 g/mol. The van der Waals surface area contributed by atoms with E-state index in [0.29, 0.717) is 0 Å². The first-order chi connectivity index (χ1) is 9.81. The van der Waals surface area contributed by atoms with Crippen molar-refractivity contribution in [1.29, 1.82) is 0 Å². The Kier molecular flexibility index (Phi) is 2.42. The Labute approximate surface area is 117 Å². The number of ether oxygens (including phenoxy) is 1. The number of pyridine rings is 1. The van der Waals surface area contributed by atoms with Gasteiger partial charge < -0.3 is 10.1 Å². The summed E-state index contributed by atoms with van der Waals surface area (Å²) in [6.45, 7) is 2.92. The molecule has 1 unspecified atom stereocenters. The summed E-state index contributed by atoms with van der Waals surface area (Å²) >= 11 is 0. The molecule has 0 spiro atoms. The third-order valence-corrected chi connectivity index (χ3v) is 3.62. The van der Waals surface area contributed by atoms with Crippen LogP contribution in [-0.2, 0) is 0 Å². The lowest BCUT2D eigenvalue weighted by Crippen LogP contribution is -2.27. The van der Waals surface area contributed by atoms with Gasteiger partial charge in [-0.1, -0.05) is 12.1 Å². The summed E-state index contributed by atoms with van der Waals surface area (Å²) in [6, 6.07) is 12.4. The second-order valence-corrected chi connectivity index (χ2v) is 5.11. The second-order valence-electron chi connectivity index (χ2n) is 5.11. The number of para-hydroxylation sites is 1. The smallest absolute Gasteiger partial charge is 0.150 e. The molecule has 1 aromatic carbocycles. The molecule has 1 atom stereocenters. The summed E-state index contributed by atoms with van der Waals surface area (Å²) < 4.78 is 7.89. The number of aromatic nitrogens is 2. The lowest BCUT2D eigenvalue weighted by molar-refractivity contribution is 0.227. The predicted octanol–water partition coefficient (Wildman–Crippen LogP) is 3.19. The Morgan fingerprint density at radius 1 is 1.30 bits per heavy atom. The molecular weight excluding hydrogens is 250 g/mol. The quantitative estimate of drug-likeness (QED) is 0.734. The molecule has 0 radical (unpaired) electrons. The van der Waals surface area contributed by atoms with Crippen molar-refractivity contribution < 1.29 is 4.74 Å². The van der Waals surface area contributed by atoms with Gasteiger partial charge in [-0.25, -0.2) is 4.52 Å². The Morgan fingerprint density at radius 3 is 3.20 bits per heavy atom. The maximum absolute atomic E-state index is 6.03. The summed E-state index contributed by atoms with van der Waals surface area (Å²) in [6.07, 6.45) is 3.96. The van der Waals surface area contributed by atoms with Gasteiger partial charge in [0.2, 0.25) is 0 Å². The van der Waals surface area contributed by atoms with Crippen molar-refractivity contribution in [2.45, 2.75) is 13.0 Å². The van der Waals surface area contributed by atoms with E-state index in [4.69, 9.17) is 4.74 Å². The highest BCUT2D eigenvalue weighted by Gasteiger charge is 2.19. The molecule has 0 bridgehead atoms. The number of nitrogens with one attached hydrogen (secondary N) is 1. The van der Waals surface area contributed by atoms with Crippen molar-refractivity contribution in [2.75, 3.05) is 11.9 Å². The Morgan fingerprint density at radius 2 is 2.25 bits per heavy atom. The molecule has 4 nitrogen and oxygen atoms in total. The first-order valence-electron chi connectivity index (χ1n) is 6.78. The minimum atomic E-state index is 0.183. The Balaban J connectivity index is 1.89. The Bertz CT molecular complexity index is 778. The van der Waals surface area contributed by atoms with Crippen LogP contribution in [0.15, 0.2) is 48.8 Å². The van der Waals surface area contributed by atoms with Crippen LogP contribution in [-0.4, -0.2) is 22.3 Å². The SMILES string of the molecule is CC1CNc2cccc(-c3ccn4nccc4c3)c2O1. The fourth-order valence-electron chi connectivity index (χ4n) is 2.62. The van der Waals surface area contributed by atoms with Crippen molar-refractivity contribution >= 4 is 11.2 Å². The predicted molar refractivity (Wildman–Crippen MR) is 79.2 cm³/mol. The van der Waals surface area contributed by atoms with Crippen LogP contribution < -0.4 is 10.1 Å². The molecule has 0 fully saturated rings. The minimum absolute atomic E-state index is 0.183. The van der Waals surface area contributed by atoms with Crippen LogP contribution in [0.5, 0.6) is 5.75 Å². The molecule has 1 aliphatic rings. The number of benzene rings is 1. The van der Waals surface area contributed by atoms with Gasteiger partial charge in [0.15, 0.2) is 5.75 Å². The normalized spacial score (nSPS) is 17.4. The molecule has 3 heterocycles. The summed E-state index contributed by atoms with van der Waals surface area (Å²) in [5.74, 6) is 0.940. The van der Waals surface area contributed by atoms with Crippen molar-refractivity contribution in [2.24, 2.45) is 0 Å². The van der Waals surface area contributed by atoms with Crippen LogP contribution in [0.3, 0.4) is 0 Å². The second kappa shape index (κ2) is 4.27. The van der Waals surface area contributed by atoms with E-state index in [2.05, 4.69) is 47.7 Å². The molecule has 0 amide bonds. The average Bonchev–Trinajstić information content (AvgIpc) is 2.94. The highest BCUT2D eigenvalue weighted by atomic mass is 16.5. The summed E-state index contributed by atoms with van der Waals surface area (Å²) in [5.41, 5.74) is 4.40. The van der Waals surface area contributed by atoms with E-state index in [-0.39, 0.29) is 6.10 Å². The third kappa shape index (κ3) is 1.72. The van der Waals surface area contributed by atoms with Gasteiger partial charge in [0.25, 0.3) is 0 Å². The molecule has 4 rings (SSSR count). The summed E-state index contributed by atoms with van der Waals surface area (Å²) in [5, 5.41) is 7.64. The van der Waals surface area contributed by atoms with Crippen LogP contribution in [0.25, 0.3) is 16.6 Å². The van der Waals surface area contributed by atoms with Gasteiger partial charge in [0.05, 0.1) is 17.7 Å². The largest absolute Gasteiger partial charge is 0.486 e. The zero-order valence-electron chi connectivity index (χ0n) is 11.2. The number of nitrogens with zero attached hydrogens (tertiary/aromatic N) is 2. The molecule has 0 saturated carbocycles. The van der Waals surface area contributed by atoms with E-state index < -0.39 is 0 Å². The molecule has 4 heteroatoms. The highest BCUT2D eigenvalue weighted by molar-refractivity contribution is 5.80. The number of anilines is 1. The highest BCUT2D eigenvalue weighted by Crippen LogP contribution is 2.39. The van der Waals surface area contributed by atoms with E-state index >= 15 is 0 Å². The van der Waals surface area contributed by atoms with Gasteiger partial charge >= 0.3 is 0 Å². The van der Waals surface area contributed by atoms with Crippen molar-refractivity contribution in [3.8, 4) is 16.9 Å². The maximum atomic E-state index is 6.03. The Hall–Kier alpha value is -2.49. The number of rotatable bonds is 1. The third-order valence-electron chi connectivity index (χ3n) is 3.62. The van der Waals surface area contributed by atoms with Gasteiger partial charge in [-0.2, -0.15) is 5.10 Å². The summed E-state index contributed by atoms with van der Waals surface area (Å²) in [4.78, 5) is 0. The first-order valence-corrected chi connectivity index (χ1v) is 6.78. The number of hydrogen-bond donors (Lipinski definition) is 1. The van der Waals surface area contributed by atoms with Crippen molar-refractivity contribution in [3.05, 3.63) is 48.8 Å².